The highest BCUT2D eigenvalue weighted by Crippen LogP contribution is 2.36. The van der Waals surface area contributed by atoms with Crippen LogP contribution in [0.2, 0.25) is 0 Å². The summed E-state index contributed by atoms with van der Waals surface area (Å²) in [4.78, 5) is 38.0. The topological polar surface area (TPSA) is 138 Å². The van der Waals surface area contributed by atoms with Gasteiger partial charge in [0.25, 0.3) is 5.91 Å². The van der Waals surface area contributed by atoms with E-state index in [0.717, 1.165) is 23.0 Å². The molecular weight excluding hydrogens is 560 g/mol. The van der Waals surface area contributed by atoms with Gasteiger partial charge in [0.15, 0.2) is 6.61 Å². The molecule has 1 saturated heterocycles. The van der Waals surface area contributed by atoms with Crippen molar-refractivity contribution in [2.45, 2.75) is 11.8 Å². The lowest BCUT2D eigenvalue weighted by Gasteiger charge is -2.26. The highest BCUT2D eigenvalue weighted by atomic mass is 32.2. The van der Waals surface area contributed by atoms with Gasteiger partial charge in [0.1, 0.15) is 21.2 Å². The van der Waals surface area contributed by atoms with Gasteiger partial charge in [-0.2, -0.15) is 4.31 Å². The molecule has 0 spiro atoms. The van der Waals surface area contributed by atoms with E-state index in [-0.39, 0.29) is 59.7 Å². The SMILES string of the molecule is CCOC(=O)c1c(-c2ccccc2)csc1NC(=O)COC(=O)c1ccc(OC)c(S(=O)(=O)N2CCOCC2)c1. The highest BCUT2D eigenvalue weighted by Gasteiger charge is 2.30. The van der Waals surface area contributed by atoms with Crippen LogP contribution in [-0.4, -0.2) is 77.2 Å². The van der Waals surface area contributed by atoms with Crippen molar-refractivity contribution in [1.29, 1.82) is 0 Å². The van der Waals surface area contributed by atoms with Gasteiger partial charge in [-0.3, -0.25) is 4.79 Å². The Balaban J connectivity index is 1.48. The third-order valence-corrected chi connectivity index (χ3v) is 8.75. The molecule has 0 radical (unpaired) electrons. The summed E-state index contributed by atoms with van der Waals surface area (Å²) >= 11 is 1.14. The van der Waals surface area contributed by atoms with Gasteiger partial charge in [0.2, 0.25) is 10.0 Å². The number of methoxy groups -OCH3 is 1. The summed E-state index contributed by atoms with van der Waals surface area (Å²) in [7, 11) is -2.64. The minimum absolute atomic E-state index is 0.0687. The van der Waals surface area contributed by atoms with Gasteiger partial charge in [0.05, 0.1) is 32.5 Å². The lowest BCUT2D eigenvalue weighted by Crippen LogP contribution is -2.40. The summed E-state index contributed by atoms with van der Waals surface area (Å²) < 4.78 is 48.4. The second-order valence-corrected chi connectivity index (χ2v) is 11.2. The van der Waals surface area contributed by atoms with Crippen LogP contribution in [0.25, 0.3) is 11.1 Å². The fraction of sp³-hybridized carbons (Fsp3) is 0.296. The number of hydrogen-bond donors (Lipinski definition) is 1. The first-order valence-electron chi connectivity index (χ1n) is 12.3. The maximum atomic E-state index is 13.2. The van der Waals surface area contributed by atoms with Gasteiger partial charge < -0.3 is 24.3 Å². The van der Waals surface area contributed by atoms with Crippen molar-refractivity contribution in [3.8, 4) is 16.9 Å². The molecule has 0 bridgehead atoms. The molecule has 1 aliphatic heterocycles. The number of amides is 1. The molecule has 11 nitrogen and oxygen atoms in total. The lowest BCUT2D eigenvalue weighted by molar-refractivity contribution is -0.119. The Labute approximate surface area is 235 Å². The van der Waals surface area contributed by atoms with Crippen LogP contribution in [0, 0.1) is 0 Å². The predicted molar refractivity (Wildman–Crippen MR) is 147 cm³/mol. The molecule has 212 valence electrons. The Morgan fingerprint density at radius 2 is 1.75 bits per heavy atom. The van der Waals surface area contributed by atoms with Gasteiger partial charge in [-0.1, -0.05) is 30.3 Å². The molecule has 3 aromatic rings. The van der Waals surface area contributed by atoms with E-state index in [2.05, 4.69) is 5.32 Å². The normalized spacial score (nSPS) is 13.8. The van der Waals surface area contributed by atoms with Gasteiger partial charge in [-0.25, -0.2) is 18.0 Å². The van der Waals surface area contributed by atoms with Crippen molar-refractivity contribution in [2.75, 3.05) is 51.9 Å². The van der Waals surface area contributed by atoms with E-state index in [9.17, 15) is 22.8 Å². The molecule has 1 amide bonds. The van der Waals surface area contributed by atoms with Crippen molar-refractivity contribution < 1.29 is 41.7 Å². The number of rotatable bonds is 10. The van der Waals surface area contributed by atoms with Crippen molar-refractivity contribution in [3.63, 3.8) is 0 Å². The molecule has 1 N–H and O–H groups in total. The Kier molecular flexibility index (Phi) is 9.53. The number of morpholine rings is 1. The van der Waals surface area contributed by atoms with E-state index < -0.39 is 34.5 Å². The zero-order valence-electron chi connectivity index (χ0n) is 21.9. The molecule has 2 heterocycles. The average Bonchev–Trinajstić information content (AvgIpc) is 3.40. The lowest BCUT2D eigenvalue weighted by atomic mass is 10.0. The summed E-state index contributed by atoms with van der Waals surface area (Å²) in [6.07, 6.45) is 0. The van der Waals surface area contributed by atoms with Gasteiger partial charge in [-0.05, 0) is 30.7 Å². The summed E-state index contributed by atoms with van der Waals surface area (Å²) in [6, 6.07) is 13.0. The maximum absolute atomic E-state index is 13.2. The van der Waals surface area contributed by atoms with Crippen LogP contribution < -0.4 is 10.1 Å². The second kappa shape index (κ2) is 13.0. The number of ether oxygens (including phenoxy) is 4. The summed E-state index contributed by atoms with van der Waals surface area (Å²) in [5, 5.41) is 4.60. The van der Waals surface area contributed by atoms with E-state index in [1.807, 2.05) is 30.3 Å². The fourth-order valence-electron chi connectivity index (χ4n) is 3.99. The van der Waals surface area contributed by atoms with Crippen LogP contribution >= 0.6 is 11.3 Å². The largest absolute Gasteiger partial charge is 0.495 e. The maximum Gasteiger partial charge on any atom is 0.341 e. The molecule has 1 fully saturated rings. The molecule has 2 aromatic carbocycles. The van der Waals surface area contributed by atoms with Crippen molar-refractivity contribution >= 4 is 44.2 Å². The standard InChI is InChI=1S/C27H28N2O9S2/c1-3-37-27(32)24-20(18-7-5-4-6-8-18)17-39-25(24)28-23(30)16-38-26(31)19-9-10-21(35-2)22(15-19)40(33,34)29-11-13-36-14-12-29/h4-10,15,17H,3,11-14,16H2,1-2H3,(H,28,30). The Morgan fingerprint density at radius 3 is 2.42 bits per heavy atom. The Hall–Kier alpha value is -3.78. The molecule has 0 aliphatic carbocycles. The van der Waals surface area contributed by atoms with Crippen molar-refractivity contribution in [2.24, 2.45) is 0 Å². The third kappa shape index (κ3) is 6.50. The number of benzene rings is 2. The number of nitrogens with one attached hydrogen (secondary N) is 1. The molecule has 0 atom stereocenters. The minimum Gasteiger partial charge on any atom is -0.495 e. The molecule has 13 heteroatoms. The number of thiophene rings is 1. The van der Waals surface area contributed by atoms with Crippen LogP contribution in [0.4, 0.5) is 5.00 Å². The van der Waals surface area contributed by atoms with E-state index in [0.29, 0.717) is 5.56 Å². The number of hydrogen-bond acceptors (Lipinski definition) is 10. The summed E-state index contributed by atoms with van der Waals surface area (Å²) in [6.45, 7) is 2.02. The average molecular weight is 589 g/mol. The van der Waals surface area contributed by atoms with Gasteiger partial charge in [-0.15, -0.1) is 11.3 Å². The highest BCUT2D eigenvalue weighted by molar-refractivity contribution is 7.89. The number of carbonyl (C=O) groups is 3. The second-order valence-electron chi connectivity index (χ2n) is 8.45. The van der Waals surface area contributed by atoms with Crippen LogP contribution in [0.3, 0.4) is 0 Å². The number of anilines is 1. The van der Waals surface area contributed by atoms with Crippen LogP contribution in [0.1, 0.15) is 27.6 Å². The quantitative estimate of drug-likeness (QED) is 0.353. The van der Waals surface area contributed by atoms with Crippen LogP contribution in [-0.2, 0) is 29.0 Å². The molecule has 4 rings (SSSR count). The Bertz CT molecular complexity index is 1480. The van der Waals surface area contributed by atoms with E-state index in [1.54, 1.807) is 12.3 Å². The monoisotopic (exact) mass is 588 g/mol. The molecule has 1 aliphatic rings. The fourth-order valence-corrected chi connectivity index (χ4v) is 6.56. The van der Waals surface area contributed by atoms with Crippen LogP contribution in [0.5, 0.6) is 5.75 Å². The number of sulfonamides is 1. The third-order valence-electron chi connectivity index (χ3n) is 5.93. The van der Waals surface area contributed by atoms with Crippen molar-refractivity contribution in [3.05, 3.63) is 65.0 Å². The predicted octanol–water partition coefficient (Wildman–Crippen LogP) is 3.42. The minimum atomic E-state index is -3.97. The van der Waals surface area contributed by atoms with E-state index >= 15 is 0 Å². The van der Waals surface area contributed by atoms with Crippen molar-refractivity contribution in [1.82, 2.24) is 4.31 Å². The molecule has 0 saturated carbocycles. The number of esters is 2. The first-order chi connectivity index (χ1) is 19.3. The number of nitrogens with zero attached hydrogens (tertiary/aromatic N) is 1. The molecule has 40 heavy (non-hydrogen) atoms. The summed E-state index contributed by atoms with van der Waals surface area (Å²) in [5.41, 5.74) is 1.50. The molecule has 1 aromatic heterocycles. The first kappa shape index (κ1) is 29.2. The molecular formula is C27H28N2O9S2. The smallest absolute Gasteiger partial charge is 0.341 e. The Morgan fingerprint density at radius 1 is 1.02 bits per heavy atom. The zero-order chi connectivity index (χ0) is 28.7. The first-order valence-corrected chi connectivity index (χ1v) is 14.6. The van der Waals surface area contributed by atoms with Crippen LogP contribution in [0.15, 0.2) is 58.8 Å². The van der Waals surface area contributed by atoms with Gasteiger partial charge in [0, 0.05) is 24.0 Å². The number of carbonyl (C=O) groups excluding carboxylic acids is 3. The van der Waals surface area contributed by atoms with E-state index in [1.165, 1.54) is 23.5 Å². The van der Waals surface area contributed by atoms with Gasteiger partial charge >= 0.3 is 11.9 Å². The van der Waals surface area contributed by atoms with E-state index in [4.69, 9.17) is 18.9 Å². The zero-order valence-corrected chi connectivity index (χ0v) is 23.5. The molecule has 0 unspecified atom stereocenters. The summed E-state index contributed by atoms with van der Waals surface area (Å²) in [5.74, 6) is -2.12.